The number of alkyl halides is 3. The van der Waals surface area contributed by atoms with Gasteiger partial charge in [0, 0.05) is 24.7 Å². The van der Waals surface area contributed by atoms with Gasteiger partial charge in [-0.15, -0.1) is 0 Å². The Bertz CT molecular complexity index is 1270. The van der Waals surface area contributed by atoms with Gasteiger partial charge in [-0.1, -0.05) is 6.07 Å². The van der Waals surface area contributed by atoms with Gasteiger partial charge in [-0.3, -0.25) is 5.32 Å². The number of hydrogen-bond donors (Lipinski definition) is 3. The number of halogens is 3. The Kier molecular flexibility index (Phi) is 6.60. The summed E-state index contributed by atoms with van der Waals surface area (Å²) >= 11 is 0. The van der Waals surface area contributed by atoms with Gasteiger partial charge < -0.3 is 25.8 Å². The predicted molar refractivity (Wildman–Crippen MR) is 129 cm³/mol. The van der Waals surface area contributed by atoms with Crippen LogP contribution in [-0.2, 0) is 4.74 Å². The summed E-state index contributed by atoms with van der Waals surface area (Å²) in [6, 6.07) is 6.94. The van der Waals surface area contributed by atoms with Gasteiger partial charge in [0.25, 0.3) is 0 Å². The Morgan fingerprint density at radius 1 is 1.19 bits per heavy atom. The van der Waals surface area contributed by atoms with Crippen LogP contribution >= 0.6 is 0 Å². The number of nitrogens with two attached hydrogens (primary N) is 2. The van der Waals surface area contributed by atoms with Crippen molar-refractivity contribution in [3.63, 3.8) is 0 Å². The highest BCUT2D eigenvalue weighted by Gasteiger charge is 2.51. The largest absolute Gasteiger partial charge is 0.495 e. The lowest BCUT2D eigenvalue weighted by Crippen LogP contribution is -2.44. The van der Waals surface area contributed by atoms with Gasteiger partial charge in [0.2, 0.25) is 5.60 Å². The number of ether oxygens (including phenoxy) is 2. The van der Waals surface area contributed by atoms with Gasteiger partial charge in [0.15, 0.2) is 5.82 Å². The summed E-state index contributed by atoms with van der Waals surface area (Å²) in [6.07, 6.45) is -2.92. The number of amides is 1. The molecule has 36 heavy (non-hydrogen) atoms. The molecule has 3 heterocycles. The fourth-order valence-electron chi connectivity index (χ4n) is 4.01. The maximum atomic E-state index is 13.1. The molecule has 0 saturated carbocycles. The van der Waals surface area contributed by atoms with E-state index in [0.717, 1.165) is 51.2 Å². The molecule has 1 aliphatic rings. The molecule has 194 valence electrons. The van der Waals surface area contributed by atoms with Crippen LogP contribution in [0.25, 0.3) is 16.6 Å². The van der Waals surface area contributed by atoms with Crippen LogP contribution in [0.15, 0.2) is 30.6 Å². The number of anilines is 3. The van der Waals surface area contributed by atoms with Crippen LogP contribution in [0.2, 0.25) is 0 Å². The fourth-order valence-corrected chi connectivity index (χ4v) is 4.01. The summed E-state index contributed by atoms with van der Waals surface area (Å²) in [7, 11) is 1.38. The molecule has 1 aliphatic heterocycles. The maximum Gasteiger partial charge on any atom is 0.427 e. The van der Waals surface area contributed by atoms with Crippen molar-refractivity contribution >= 4 is 28.9 Å². The number of piperidine rings is 1. The van der Waals surface area contributed by atoms with Gasteiger partial charge in [-0.25, -0.2) is 14.3 Å². The standard InChI is InChI=1S/C23H28F3N7O3/c1-22(2,23(24,25)26)36-21(34)31-16-5-4-13(10-17(16)35-3)15-11-18(32-8-6-14(27)7-9-32)33-19(15)20(28)29-12-30-33/h4-5,10-12,14H,6-9,27H2,1-3H3,(H,31,34)(H2,28,29,30). The molecule has 2 aromatic heterocycles. The number of benzene rings is 1. The van der Waals surface area contributed by atoms with Crippen LogP contribution in [0, 0.1) is 0 Å². The summed E-state index contributed by atoms with van der Waals surface area (Å²) in [4.78, 5) is 18.5. The van der Waals surface area contributed by atoms with Crippen molar-refractivity contribution in [2.75, 3.05) is 36.1 Å². The number of hydrogen-bond acceptors (Lipinski definition) is 8. The number of carbonyl (C=O) groups is 1. The SMILES string of the molecule is COc1cc(-c2cc(N3CCC(N)CC3)n3ncnc(N)c23)ccc1NC(=O)OC(C)(C)C(F)(F)F. The molecule has 4 rings (SSSR count). The van der Waals surface area contributed by atoms with E-state index >= 15 is 0 Å². The summed E-state index contributed by atoms with van der Waals surface area (Å²) < 4.78 is 50.9. The van der Waals surface area contributed by atoms with Crippen LogP contribution in [0.5, 0.6) is 5.75 Å². The summed E-state index contributed by atoms with van der Waals surface area (Å²) in [5.41, 5.74) is 11.7. The van der Waals surface area contributed by atoms with Crippen molar-refractivity contribution in [3.05, 3.63) is 30.6 Å². The smallest absolute Gasteiger partial charge is 0.427 e. The van der Waals surface area contributed by atoms with Crippen molar-refractivity contribution in [2.24, 2.45) is 5.73 Å². The molecule has 1 saturated heterocycles. The summed E-state index contributed by atoms with van der Waals surface area (Å²) in [6.45, 7) is 3.06. The number of fused-ring (bicyclic) bond motifs is 1. The van der Waals surface area contributed by atoms with Crippen LogP contribution in [-0.4, -0.2) is 58.7 Å². The third-order valence-corrected chi connectivity index (χ3v) is 6.21. The first-order chi connectivity index (χ1) is 16.9. The van der Waals surface area contributed by atoms with E-state index in [9.17, 15) is 18.0 Å². The Morgan fingerprint density at radius 2 is 1.89 bits per heavy atom. The number of nitrogens with zero attached hydrogens (tertiary/aromatic N) is 4. The number of nitrogens with one attached hydrogen (secondary N) is 1. The third kappa shape index (κ3) is 4.83. The van der Waals surface area contributed by atoms with Gasteiger partial charge in [-0.2, -0.15) is 18.3 Å². The van der Waals surface area contributed by atoms with E-state index < -0.39 is 17.9 Å². The molecule has 0 unspecified atom stereocenters. The first-order valence-corrected chi connectivity index (χ1v) is 11.3. The van der Waals surface area contributed by atoms with E-state index in [1.807, 2.05) is 6.07 Å². The predicted octanol–water partition coefficient (Wildman–Crippen LogP) is 3.80. The molecule has 0 radical (unpaired) electrons. The molecule has 1 amide bonds. The summed E-state index contributed by atoms with van der Waals surface area (Å²) in [5, 5.41) is 6.71. The second-order valence-electron chi connectivity index (χ2n) is 9.08. The zero-order valence-electron chi connectivity index (χ0n) is 20.1. The molecule has 1 aromatic carbocycles. The lowest BCUT2D eigenvalue weighted by Gasteiger charge is -2.31. The van der Waals surface area contributed by atoms with Crippen molar-refractivity contribution in [1.29, 1.82) is 0 Å². The van der Waals surface area contributed by atoms with Crippen molar-refractivity contribution in [1.82, 2.24) is 14.6 Å². The fraction of sp³-hybridized carbons (Fsp3) is 0.435. The molecule has 10 nitrogen and oxygen atoms in total. The van der Waals surface area contributed by atoms with Crippen molar-refractivity contribution in [2.45, 2.75) is 44.5 Å². The molecular weight excluding hydrogens is 479 g/mol. The molecule has 0 spiro atoms. The molecule has 13 heteroatoms. The molecular formula is C23H28F3N7O3. The maximum absolute atomic E-state index is 13.1. The average molecular weight is 508 g/mol. The normalized spacial score (nSPS) is 15.2. The molecule has 3 aromatic rings. The Balaban J connectivity index is 1.67. The first-order valence-electron chi connectivity index (χ1n) is 11.3. The van der Waals surface area contributed by atoms with Crippen LogP contribution in [0.3, 0.4) is 0 Å². The number of aromatic nitrogens is 3. The van der Waals surface area contributed by atoms with E-state index in [1.54, 1.807) is 16.6 Å². The van der Waals surface area contributed by atoms with Crippen LogP contribution < -0.4 is 26.4 Å². The number of nitrogen functional groups attached to an aromatic ring is 1. The van der Waals surface area contributed by atoms with Crippen molar-refractivity contribution in [3.8, 4) is 16.9 Å². The van der Waals surface area contributed by atoms with E-state index in [-0.39, 0.29) is 23.3 Å². The van der Waals surface area contributed by atoms with Gasteiger partial charge in [0.1, 0.15) is 23.4 Å². The molecule has 0 aliphatic carbocycles. The van der Waals surface area contributed by atoms with Crippen LogP contribution in [0.1, 0.15) is 26.7 Å². The van der Waals surface area contributed by atoms with E-state index in [0.29, 0.717) is 11.1 Å². The number of rotatable bonds is 5. The van der Waals surface area contributed by atoms with Gasteiger partial charge in [-0.05, 0) is 50.5 Å². The number of methoxy groups -OCH3 is 1. The van der Waals surface area contributed by atoms with E-state index in [2.05, 4.69) is 25.0 Å². The monoisotopic (exact) mass is 507 g/mol. The molecule has 0 atom stereocenters. The van der Waals surface area contributed by atoms with Crippen molar-refractivity contribution < 1.29 is 27.4 Å². The van der Waals surface area contributed by atoms with Gasteiger partial charge in [0.05, 0.1) is 12.8 Å². The van der Waals surface area contributed by atoms with Gasteiger partial charge >= 0.3 is 12.3 Å². The lowest BCUT2D eigenvalue weighted by atomic mass is 10.0. The Hall–Kier alpha value is -3.74. The second-order valence-corrected chi connectivity index (χ2v) is 9.08. The molecule has 0 bridgehead atoms. The average Bonchev–Trinajstić information content (AvgIpc) is 3.20. The van der Waals surface area contributed by atoms with E-state index in [1.165, 1.54) is 19.5 Å². The Labute approximate surface area is 205 Å². The van der Waals surface area contributed by atoms with E-state index in [4.69, 9.17) is 16.2 Å². The zero-order valence-corrected chi connectivity index (χ0v) is 20.1. The zero-order chi connectivity index (χ0) is 26.3. The van der Waals surface area contributed by atoms with Crippen LogP contribution in [0.4, 0.5) is 35.3 Å². The quantitative estimate of drug-likeness (QED) is 0.475. The Morgan fingerprint density at radius 3 is 2.53 bits per heavy atom. The molecule has 1 fully saturated rings. The summed E-state index contributed by atoms with van der Waals surface area (Å²) in [5.74, 6) is 1.33. The number of carbonyl (C=O) groups excluding carboxylic acids is 1. The minimum atomic E-state index is -4.73. The highest BCUT2D eigenvalue weighted by Crippen LogP contribution is 2.39. The lowest BCUT2D eigenvalue weighted by molar-refractivity contribution is -0.242. The first kappa shape index (κ1) is 25.4. The second kappa shape index (κ2) is 9.37. The molecule has 5 N–H and O–H groups in total. The minimum Gasteiger partial charge on any atom is -0.495 e. The minimum absolute atomic E-state index is 0.141. The third-order valence-electron chi connectivity index (χ3n) is 6.21. The highest BCUT2D eigenvalue weighted by atomic mass is 19.4. The topological polar surface area (TPSA) is 133 Å². The highest BCUT2D eigenvalue weighted by molar-refractivity contribution is 5.93.